The van der Waals surface area contributed by atoms with Crippen molar-refractivity contribution in [2.45, 2.75) is 30.7 Å². The standard InChI is InChI=1S/C18H22N6O3S/c19-10-16-5-1-2-6-17(16)28(26,27)24-8-3-4-15(12-24)11-20-18(25)7-9-23-13-21-22-14-23/h1-2,5-6,13-15H,3-4,7-9,11-12H2,(H,20,25). The minimum atomic E-state index is -3.74. The molecule has 10 heteroatoms. The minimum Gasteiger partial charge on any atom is -0.356 e. The van der Waals surface area contributed by atoms with E-state index >= 15 is 0 Å². The van der Waals surface area contributed by atoms with Gasteiger partial charge in [0.25, 0.3) is 0 Å². The number of benzene rings is 1. The highest BCUT2D eigenvalue weighted by Crippen LogP contribution is 2.25. The number of carbonyl (C=O) groups is 1. The molecule has 0 spiro atoms. The highest BCUT2D eigenvalue weighted by atomic mass is 32.2. The third-order valence-electron chi connectivity index (χ3n) is 4.76. The van der Waals surface area contributed by atoms with Gasteiger partial charge in [0, 0.05) is 32.6 Å². The van der Waals surface area contributed by atoms with Gasteiger partial charge in [-0.3, -0.25) is 4.79 Å². The summed E-state index contributed by atoms with van der Waals surface area (Å²) in [6.07, 6.45) is 4.97. The van der Waals surface area contributed by atoms with E-state index in [9.17, 15) is 18.5 Å². The van der Waals surface area contributed by atoms with Crippen molar-refractivity contribution in [2.75, 3.05) is 19.6 Å². The van der Waals surface area contributed by atoms with Gasteiger partial charge < -0.3 is 9.88 Å². The molecule has 1 aliphatic rings. The molecule has 28 heavy (non-hydrogen) atoms. The Labute approximate surface area is 164 Å². The van der Waals surface area contributed by atoms with Crippen molar-refractivity contribution in [3.8, 4) is 6.07 Å². The molecule has 1 amide bonds. The van der Waals surface area contributed by atoms with Crippen LogP contribution in [0, 0.1) is 17.2 Å². The number of nitrogens with one attached hydrogen (secondary N) is 1. The van der Waals surface area contributed by atoms with Gasteiger partial charge in [-0.15, -0.1) is 10.2 Å². The van der Waals surface area contributed by atoms with Crippen LogP contribution in [-0.4, -0.2) is 53.0 Å². The monoisotopic (exact) mass is 402 g/mol. The Morgan fingerprint density at radius 3 is 2.79 bits per heavy atom. The van der Waals surface area contributed by atoms with Crippen molar-refractivity contribution in [1.82, 2.24) is 24.4 Å². The molecule has 1 fully saturated rings. The molecular formula is C18H22N6O3S. The molecule has 1 atom stereocenters. The summed E-state index contributed by atoms with van der Waals surface area (Å²) in [5, 5.41) is 19.5. The summed E-state index contributed by atoms with van der Waals surface area (Å²) >= 11 is 0. The van der Waals surface area contributed by atoms with Crippen molar-refractivity contribution in [3.63, 3.8) is 0 Å². The first-order chi connectivity index (χ1) is 13.5. The largest absolute Gasteiger partial charge is 0.356 e. The maximum absolute atomic E-state index is 13.0. The lowest BCUT2D eigenvalue weighted by molar-refractivity contribution is -0.121. The van der Waals surface area contributed by atoms with Gasteiger partial charge in [-0.2, -0.15) is 9.57 Å². The van der Waals surface area contributed by atoms with Crippen LogP contribution in [0.15, 0.2) is 41.8 Å². The molecule has 0 aliphatic carbocycles. The maximum Gasteiger partial charge on any atom is 0.244 e. The lowest BCUT2D eigenvalue weighted by Gasteiger charge is -2.32. The zero-order valence-electron chi connectivity index (χ0n) is 15.4. The van der Waals surface area contributed by atoms with Crippen LogP contribution in [0.3, 0.4) is 0 Å². The van der Waals surface area contributed by atoms with Crippen LogP contribution >= 0.6 is 0 Å². The number of amides is 1. The number of sulfonamides is 1. The number of carbonyl (C=O) groups excluding carboxylic acids is 1. The quantitative estimate of drug-likeness (QED) is 0.730. The summed E-state index contributed by atoms with van der Waals surface area (Å²) in [5.41, 5.74) is 0.145. The van der Waals surface area contributed by atoms with E-state index in [0.29, 0.717) is 32.6 Å². The molecule has 1 aromatic carbocycles. The van der Waals surface area contributed by atoms with Crippen LogP contribution < -0.4 is 5.32 Å². The maximum atomic E-state index is 13.0. The summed E-state index contributed by atoms with van der Waals surface area (Å²) < 4.78 is 29.1. The highest BCUT2D eigenvalue weighted by Gasteiger charge is 2.31. The highest BCUT2D eigenvalue weighted by molar-refractivity contribution is 7.89. The average Bonchev–Trinajstić information content (AvgIpc) is 3.24. The van der Waals surface area contributed by atoms with E-state index in [1.165, 1.54) is 16.4 Å². The predicted molar refractivity (Wildman–Crippen MR) is 100 cm³/mol. The molecule has 3 rings (SSSR count). The Morgan fingerprint density at radius 2 is 2.04 bits per heavy atom. The van der Waals surface area contributed by atoms with Gasteiger partial charge in [-0.25, -0.2) is 8.42 Å². The number of hydrogen-bond donors (Lipinski definition) is 1. The van der Waals surface area contributed by atoms with Crippen LogP contribution in [0.2, 0.25) is 0 Å². The minimum absolute atomic E-state index is 0.0381. The Morgan fingerprint density at radius 1 is 1.29 bits per heavy atom. The van der Waals surface area contributed by atoms with E-state index < -0.39 is 10.0 Å². The van der Waals surface area contributed by atoms with Crippen LogP contribution in [0.1, 0.15) is 24.8 Å². The van der Waals surface area contributed by atoms with Crippen LogP contribution in [0.5, 0.6) is 0 Å². The number of nitrogens with zero attached hydrogens (tertiary/aromatic N) is 5. The van der Waals surface area contributed by atoms with E-state index in [2.05, 4.69) is 15.5 Å². The summed E-state index contributed by atoms with van der Waals surface area (Å²) in [6, 6.07) is 8.17. The molecule has 2 heterocycles. The number of aromatic nitrogens is 3. The van der Waals surface area contributed by atoms with Crippen molar-refractivity contribution in [1.29, 1.82) is 5.26 Å². The summed E-state index contributed by atoms with van der Waals surface area (Å²) in [5.74, 6) is -0.0554. The SMILES string of the molecule is N#Cc1ccccc1S(=O)(=O)N1CCCC(CNC(=O)CCn2cnnc2)C1. The molecule has 1 unspecified atom stereocenters. The smallest absolute Gasteiger partial charge is 0.244 e. The fourth-order valence-electron chi connectivity index (χ4n) is 3.25. The van der Waals surface area contributed by atoms with Crippen LogP contribution in [0.25, 0.3) is 0 Å². The van der Waals surface area contributed by atoms with Gasteiger partial charge in [-0.05, 0) is 30.9 Å². The molecule has 1 aliphatic heterocycles. The Hall–Kier alpha value is -2.77. The second-order valence-corrected chi connectivity index (χ2v) is 8.64. The molecule has 2 aromatic rings. The first kappa shape index (κ1) is 20.0. The number of hydrogen-bond acceptors (Lipinski definition) is 6. The van der Waals surface area contributed by atoms with Crippen molar-refractivity contribution in [3.05, 3.63) is 42.5 Å². The van der Waals surface area contributed by atoms with E-state index in [4.69, 9.17) is 0 Å². The Kier molecular flexibility index (Phi) is 6.38. The topological polar surface area (TPSA) is 121 Å². The van der Waals surface area contributed by atoms with Gasteiger partial charge in [0.05, 0.1) is 10.5 Å². The fourth-order valence-corrected chi connectivity index (χ4v) is 4.95. The van der Waals surface area contributed by atoms with E-state index in [0.717, 1.165) is 12.8 Å². The molecule has 0 bridgehead atoms. The molecule has 9 nitrogen and oxygen atoms in total. The van der Waals surface area contributed by atoms with E-state index in [1.807, 2.05) is 6.07 Å². The molecular weight excluding hydrogens is 380 g/mol. The number of rotatable bonds is 7. The Balaban J connectivity index is 1.56. The first-order valence-electron chi connectivity index (χ1n) is 9.09. The van der Waals surface area contributed by atoms with Crippen LogP contribution in [-0.2, 0) is 21.4 Å². The van der Waals surface area contributed by atoms with Gasteiger partial charge in [0.1, 0.15) is 18.7 Å². The predicted octanol–water partition coefficient (Wildman–Crippen LogP) is 0.757. The number of nitriles is 1. The van der Waals surface area contributed by atoms with Gasteiger partial charge in [0.15, 0.2) is 0 Å². The zero-order valence-corrected chi connectivity index (χ0v) is 16.2. The number of aryl methyl sites for hydroxylation is 1. The fraction of sp³-hybridized carbons (Fsp3) is 0.444. The van der Waals surface area contributed by atoms with Crippen LogP contribution in [0.4, 0.5) is 0 Å². The molecule has 148 valence electrons. The lowest BCUT2D eigenvalue weighted by Crippen LogP contribution is -2.43. The van der Waals surface area contributed by atoms with Crippen molar-refractivity contribution in [2.24, 2.45) is 5.92 Å². The molecule has 0 saturated carbocycles. The lowest BCUT2D eigenvalue weighted by atomic mass is 10.00. The molecule has 1 aromatic heterocycles. The Bertz CT molecular complexity index is 952. The summed E-state index contributed by atoms with van der Waals surface area (Å²) in [6.45, 7) is 1.66. The third-order valence-corrected chi connectivity index (χ3v) is 6.68. The van der Waals surface area contributed by atoms with Gasteiger partial charge >= 0.3 is 0 Å². The average molecular weight is 402 g/mol. The van der Waals surface area contributed by atoms with Gasteiger partial charge in [-0.1, -0.05) is 12.1 Å². The molecule has 1 N–H and O–H groups in total. The zero-order chi connectivity index (χ0) is 20.0. The normalized spacial score (nSPS) is 17.8. The van der Waals surface area contributed by atoms with Crippen molar-refractivity contribution >= 4 is 15.9 Å². The van der Waals surface area contributed by atoms with Gasteiger partial charge in [0.2, 0.25) is 15.9 Å². The van der Waals surface area contributed by atoms with E-state index in [1.54, 1.807) is 29.4 Å². The summed E-state index contributed by atoms with van der Waals surface area (Å²) in [4.78, 5) is 12.1. The summed E-state index contributed by atoms with van der Waals surface area (Å²) in [7, 11) is -3.74. The number of piperidine rings is 1. The van der Waals surface area contributed by atoms with E-state index in [-0.39, 0.29) is 22.3 Å². The second kappa shape index (κ2) is 8.95. The first-order valence-corrected chi connectivity index (χ1v) is 10.5. The second-order valence-electron chi connectivity index (χ2n) is 6.73. The molecule has 1 saturated heterocycles. The van der Waals surface area contributed by atoms with Crippen molar-refractivity contribution < 1.29 is 13.2 Å². The molecule has 0 radical (unpaired) electrons. The third kappa shape index (κ3) is 4.74.